The van der Waals surface area contributed by atoms with Crippen molar-refractivity contribution in [1.82, 2.24) is 35.3 Å². The number of hydrogen-bond acceptors (Lipinski definition) is 6. The van der Waals surface area contributed by atoms with Gasteiger partial charge in [0.15, 0.2) is 0 Å². The molecule has 1 aliphatic carbocycles. The molecule has 4 heterocycles. The highest BCUT2D eigenvalue weighted by atomic mass is 16.2. The summed E-state index contributed by atoms with van der Waals surface area (Å²) in [4.78, 5) is 28.2. The van der Waals surface area contributed by atoms with Gasteiger partial charge in [0.05, 0.1) is 13.1 Å². The van der Waals surface area contributed by atoms with Crippen LogP contribution in [0, 0.1) is 5.41 Å². The lowest BCUT2D eigenvalue weighted by Crippen LogP contribution is -2.46. The van der Waals surface area contributed by atoms with Gasteiger partial charge in [-0.2, -0.15) is 0 Å². The normalized spacial score (nSPS) is 22.5. The number of rotatable bonds is 8. The number of nitrogens with zero attached hydrogens (tertiary/aromatic N) is 4. The minimum Gasteiger partial charge on any atom is -0.369 e. The molecule has 2 saturated heterocycles. The predicted molar refractivity (Wildman–Crippen MR) is 149 cm³/mol. The molecule has 1 spiro atoms. The molecule has 0 radical (unpaired) electrons. The Morgan fingerprint density at radius 2 is 1.74 bits per heavy atom. The molecule has 0 unspecified atom stereocenters. The third kappa shape index (κ3) is 5.91. The average Bonchev–Trinajstić information content (AvgIpc) is 3.74. The number of aromatic amines is 1. The summed E-state index contributed by atoms with van der Waals surface area (Å²) in [6.07, 6.45) is 18.5. The molecule has 6 rings (SSSR count). The summed E-state index contributed by atoms with van der Waals surface area (Å²) in [7, 11) is 0. The highest BCUT2D eigenvalue weighted by Gasteiger charge is 2.41. The Morgan fingerprint density at radius 1 is 1.00 bits per heavy atom. The summed E-state index contributed by atoms with van der Waals surface area (Å²) >= 11 is 0. The van der Waals surface area contributed by atoms with Gasteiger partial charge in [0.25, 0.3) is 5.91 Å². The summed E-state index contributed by atoms with van der Waals surface area (Å²) in [5.41, 5.74) is 2.53. The fraction of sp³-hybridized carbons (Fsp3) is 0.600. The molecule has 2 aromatic rings. The number of imidazole rings is 1. The SMILES string of the molecule is O=C(c1ccc(CN2CCC3(CCN(C4CCCCC4)CC3)C2)cc1)N(Cc1ncc[nH]1)CC1NC=CN1. The Morgan fingerprint density at radius 3 is 2.45 bits per heavy atom. The number of carbonyl (C=O) groups excluding carboxylic acids is 1. The second-order valence-corrected chi connectivity index (χ2v) is 11.9. The van der Waals surface area contributed by atoms with Gasteiger partial charge in [0, 0.05) is 49.5 Å². The number of benzene rings is 1. The fourth-order valence-corrected chi connectivity index (χ4v) is 7.06. The van der Waals surface area contributed by atoms with E-state index in [2.05, 4.69) is 42.5 Å². The lowest BCUT2D eigenvalue weighted by Gasteiger charge is -2.43. The van der Waals surface area contributed by atoms with Crippen LogP contribution in [0.1, 0.15) is 73.1 Å². The van der Waals surface area contributed by atoms with Gasteiger partial charge in [0.1, 0.15) is 12.0 Å². The van der Waals surface area contributed by atoms with Gasteiger partial charge in [-0.25, -0.2) is 4.98 Å². The third-order valence-electron chi connectivity index (χ3n) is 9.34. The quantitative estimate of drug-likeness (QED) is 0.496. The average molecular weight is 518 g/mol. The van der Waals surface area contributed by atoms with Crippen LogP contribution >= 0.6 is 0 Å². The second kappa shape index (κ2) is 11.5. The maximum Gasteiger partial charge on any atom is 0.254 e. The first-order chi connectivity index (χ1) is 18.7. The van der Waals surface area contributed by atoms with Crippen LogP contribution in [0.3, 0.4) is 0 Å². The molecular formula is C30H43N7O. The smallest absolute Gasteiger partial charge is 0.254 e. The van der Waals surface area contributed by atoms with Gasteiger partial charge >= 0.3 is 0 Å². The Balaban J connectivity index is 1.03. The van der Waals surface area contributed by atoms with Crippen molar-refractivity contribution in [2.24, 2.45) is 5.41 Å². The van der Waals surface area contributed by atoms with E-state index in [1.54, 1.807) is 12.4 Å². The first-order valence-electron chi connectivity index (χ1n) is 14.7. The molecule has 4 aliphatic rings. The van der Waals surface area contributed by atoms with Crippen molar-refractivity contribution in [2.75, 3.05) is 32.7 Å². The van der Waals surface area contributed by atoms with Gasteiger partial charge in [-0.05, 0) is 74.8 Å². The minimum absolute atomic E-state index is 0.00482. The van der Waals surface area contributed by atoms with Crippen LogP contribution in [0.2, 0.25) is 0 Å². The van der Waals surface area contributed by atoms with E-state index in [0.717, 1.165) is 24.0 Å². The Labute approximate surface area is 226 Å². The van der Waals surface area contributed by atoms with Crippen molar-refractivity contribution in [1.29, 1.82) is 0 Å². The van der Waals surface area contributed by atoms with Crippen LogP contribution in [0.4, 0.5) is 0 Å². The van der Waals surface area contributed by atoms with Gasteiger partial charge < -0.3 is 25.4 Å². The molecule has 3 fully saturated rings. The maximum atomic E-state index is 13.5. The van der Waals surface area contributed by atoms with E-state index >= 15 is 0 Å². The van der Waals surface area contributed by atoms with Crippen LogP contribution in [-0.2, 0) is 13.1 Å². The monoisotopic (exact) mass is 517 g/mol. The number of piperidine rings is 1. The van der Waals surface area contributed by atoms with E-state index in [9.17, 15) is 4.79 Å². The number of carbonyl (C=O) groups is 1. The number of hydrogen-bond donors (Lipinski definition) is 3. The predicted octanol–water partition coefficient (Wildman–Crippen LogP) is 3.66. The molecule has 204 valence electrons. The number of aromatic nitrogens is 2. The van der Waals surface area contributed by atoms with E-state index in [-0.39, 0.29) is 12.1 Å². The van der Waals surface area contributed by atoms with Crippen LogP contribution in [0.25, 0.3) is 0 Å². The molecule has 38 heavy (non-hydrogen) atoms. The molecule has 1 saturated carbocycles. The fourth-order valence-electron chi connectivity index (χ4n) is 7.06. The van der Waals surface area contributed by atoms with Crippen molar-refractivity contribution in [2.45, 2.75) is 76.7 Å². The van der Waals surface area contributed by atoms with Crippen molar-refractivity contribution in [3.8, 4) is 0 Å². The molecule has 1 aromatic carbocycles. The molecule has 8 heteroatoms. The molecule has 3 aliphatic heterocycles. The van der Waals surface area contributed by atoms with Gasteiger partial charge in [-0.15, -0.1) is 0 Å². The maximum absolute atomic E-state index is 13.5. The van der Waals surface area contributed by atoms with Gasteiger partial charge in [-0.3, -0.25) is 9.69 Å². The van der Waals surface area contributed by atoms with E-state index in [4.69, 9.17) is 0 Å². The molecular weight excluding hydrogens is 474 g/mol. The van der Waals surface area contributed by atoms with Gasteiger partial charge in [0.2, 0.25) is 0 Å². The zero-order valence-corrected chi connectivity index (χ0v) is 22.6. The molecule has 3 N–H and O–H groups in total. The summed E-state index contributed by atoms with van der Waals surface area (Å²) in [5, 5.41) is 6.48. The van der Waals surface area contributed by atoms with E-state index in [1.165, 1.54) is 83.1 Å². The summed E-state index contributed by atoms with van der Waals surface area (Å²) < 4.78 is 0. The number of nitrogens with one attached hydrogen (secondary N) is 3. The number of likely N-dealkylation sites (tertiary alicyclic amines) is 2. The van der Waals surface area contributed by atoms with E-state index in [0.29, 0.717) is 18.5 Å². The van der Waals surface area contributed by atoms with Crippen LogP contribution in [0.5, 0.6) is 0 Å². The van der Waals surface area contributed by atoms with E-state index < -0.39 is 0 Å². The highest BCUT2D eigenvalue weighted by Crippen LogP contribution is 2.42. The largest absolute Gasteiger partial charge is 0.369 e. The lowest BCUT2D eigenvalue weighted by atomic mass is 9.77. The minimum atomic E-state index is 0.00482. The molecule has 1 aromatic heterocycles. The van der Waals surface area contributed by atoms with Gasteiger partial charge in [-0.1, -0.05) is 31.4 Å². The Kier molecular flexibility index (Phi) is 7.70. The molecule has 0 bridgehead atoms. The summed E-state index contributed by atoms with van der Waals surface area (Å²) in [6, 6.07) is 9.13. The van der Waals surface area contributed by atoms with Crippen molar-refractivity contribution in [3.63, 3.8) is 0 Å². The lowest BCUT2D eigenvalue weighted by molar-refractivity contribution is 0.0615. The highest BCUT2D eigenvalue weighted by molar-refractivity contribution is 5.94. The summed E-state index contributed by atoms with van der Waals surface area (Å²) in [5.74, 6) is 0.807. The molecule has 0 atom stereocenters. The van der Waals surface area contributed by atoms with E-state index in [1.807, 2.05) is 29.4 Å². The van der Waals surface area contributed by atoms with Crippen LogP contribution in [-0.4, -0.2) is 75.5 Å². The number of amides is 1. The molecule has 1 amide bonds. The standard InChI is InChI=1S/C30H43N7O/c38-29(37(21-27-31-13-14-32-27)22-28-33-15-16-34-28)25-8-6-24(7-9-25)20-35-17-10-30(23-35)11-18-36(19-12-30)26-4-2-1-3-5-26/h6-9,13-16,26-27,31-32H,1-5,10-12,17-23H2,(H,33,34). The molecule has 8 nitrogen and oxygen atoms in total. The topological polar surface area (TPSA) is 79.5 Å². The first kappa shape index (κ1) is 25.4. The van der Waals surface area contributed by atoms with Crippen molar-refractivity contribution >= 4 is 5.91 Å². The van der Waals surface area contributed by atoms with Crippen molar-refractivity contribution in [3.05, 3.63) is 66.0 Å². The van der Waals surface area contributed by atoms with Crippen LogP contribution in [0.15, 0.2) is 49.1 Å². The zero-order chi connectivity index (χ0) is 25.8. The van der Waals surface area contributed by atoms with Crippen LogP contribution < -0.4 is 10.6 Å². The summed E-state index contributed by atoms with van der Waals surface area (Å²) in [6.45, 7) is 6.97. The first-order valence-corrected chi connectivity index (χ1v) is 14.7. The zero-order valence-electron chi connectivity index (χ0n) is 22.6. The Hall–Kier alpha value is -2.84. The van der Waals surface area contributed by atoms with Crippen molar-refractivity contribution < 1.29 is 4.79 Å². The Bertz CT molecular complexity index is 1060. The second-order valence-electron chi connectivity index (χ2n) is 11.9. The third-order valence-corrected chi connectivity index (χ3v) is 9.34. The number of H-pyrrole nitrogens is 1.